The van der Waals surface area contributed by atoms with Gasteiger partial charge in [-0.3, -0.25) is 0 Å². The molecular weight excluding hydrogens is 289 g/mol. The standard InChI is InChI=1S/C15H12ClF3O/c1-9-5-4-7-11(13(9)16)14(20)10-6-2-3-8-12(10)15(17,18)19/h2-8,14,20H,1H3. The molecular formula is C15H12ClF3O. The van der Waals surface area contributed by atoms with Crippen molar-refractivity contribution in [3.05, 3.63) is 69.7 Å². The SMILES string of the molecule is Cc1cccc(C(O)c2ccccc2C(F)(F)F)c1Cl. The van der Waals surface area contributed by atoms with E-state index in [4.69, 9.17) is 11.6 Å². The Labute approximate surface area is 119 Å². The summed E-state index contributed by atoms with van der Waals surface area (Å²) < 4.78 is 38.9. The number of alkyl halides is 3. The van der Waals surface area contributed by atoms with Crippen LogP contribution < -0.4 is 0 Å². The van der Waals surface area contributed by atoms with Crippen molar-refractivity contribution in [1.29, 1.82) is 0 Å². The highest BCUT2D eigenvalue weighted by Gasteiger charge is 2.35. The first-order valence-corrected chi connectivity index (χ1v) is 6.29. The van der Waals surface area contributed by atoms with Crippen molar-refractivity contribution in [2.75, 3.05) is 0 Å². The Hall–Kier alpha value is -1.52. The van der Waals surface area contributed by atoms with E-state index in [-0.39, 0.29) is 16.1 Å². The van der Waals surface area contributed by atoms with Crippen molar-refractivity contribution in [2.24, 2.45) is 0 Å². The quantitative estimate of drug-likeness (QED) is 0.848. The second kappa shape index (κ2) is 5.46. The minimum atomic E-state index is -4.52. The summed E-state index contributed by atoms with van der Waals surface area (Å²) in [5, 5.41) is 10.5. The molecule has 0 saturated heterocycles. The Bertz CT molecular complexity index is 623. The first kappa shape index (κ1) is 14.9. The fraction of sp³-hybridized carbons (Fsp3) is 0.200. The molecule has 106 valence electrons. The molecule has 0 bridgehead atoms. The minimum Gasteiger partial charge on any atom is -0.384 e. The number of halogens is 4. The first-order valence-electron chi connectivity index (χ1n) is 5.91. The van der Waals surface area contributed by atoms with Crippen LogP contribution in [-0.4, -0.2) is 5.11 Å². The third kappa shape index (κ3) is 2.81. The summed E-state index contributed by atoms with van der Waals surface area (Å²) >= 11 is 6.06. The number of hydrogen-bond donors (Lipinski definition) is 1. The van der Waals surface area contributed by atoms with Crippen molar-refractivity contribution >= 4 is 11.6 Å². The van der Waals surface area contributed by atoms with Crippen LogP contribution in [0, 0.1) is 6.92 Å². The summed E-state index contributed by atoms with van der Waals surface area (Å²) in [5.74, 6) is 0. The Kier molecular flexibility index (Phi) is 4.06. The van der Waals surface area contributed by atoms with Gasteiger partial charge in [0.05, 0.1) is 5.56 Å². The zero-order valence-corrected chi connectivity index (χ0v) is 11.3. The van der Waals surface area contributed by atoms with Gasteiger partial charge in [-0.25, -0.2) is 0 Å². The normalized spacial score (nSPS) is 13.3. The van der Waals surface area contributed by atoms with Gasteiger partial charge in [-0.2, -0.15) is 13.2 Å². The van der Waals surface area contributed by atoms with E-state index in [1.807, 2.05) is 0 Å². The lowest BCUT2D eigenvalue weighted by Crippen LogP contribution is -2.13. The first-order chi connectivity index (χ1) is 9.32. The molecule has 1 atom stereocenters. The van der Waals surface area contributed by atoms with Gasteiger partial charge in [-0.15, -0.1) is 0 Å². The average molecular weight is 301 g/mol. The third-order valence-corrected chi connectivity index (χ3v) is 3.59. The van der Waals surface area contributed by atoms with Crippen LogP contribution in [0.2, 0.25) is 5.02 Å². The molecule has 0 aliphatic carbocycles. The van der Waals surface area contributed by atoms with Gasteiger partial charge in [0, 0.05) is 10.6 Å². The van der Waals surface area contributed by atoms with Crippen LogP contribution >= 0.6 is 11.6 Å². The van der Waals surface area contributed by atoms with E-state index in [2.05, 4.69) is 0 Å². The Morgan fingerprint density at radius 3 is 2.25 bits per heavy atom. The molecule has 0 aliphatic rings. The monoisotopic (exact) mass is 300 g/mol. The third-order valence-electron chi connectivity index (χ3n) is 3.08. The van der Waals surface area contributed by atoms with E-state index in [0.29, 0.717) is 5.56 Å². The van der Waals surface area contributed by atoms with E-state index in [1.165, 1.54) is 24.3 Å². The molecule has 0 heterocycles. The van der Waals surface area contributed by atoms with Crippen LogP contribution in [0.4, 0.5) is 13.2 Å². The van der Waals surface area contributed by atoms with Crippen LogP contribution in [0.25, 0.3) is 0 Å². The molecule has 0 aromatic heterocycles. The molecule has 0 saturated carbocycles. The predicted molar refractivity (Wildman–Crippen MR) is 71.7 cm³/mol. The lowest BCUT2D eigenvalue weighted by Gasteiger charge is -2.19. The van der Waals surface area contributed by atoms with Crippen molar-refractivity contribution in [2.45, 2.75) is 19.2 Å². The fourth-order valence-corrected chi connectivity index (χ4v) is 2.27. The summed E-state index contributed by atoms with van der Waals surface area (Å²) in [5.41, 5.74) is -0.0892. The van der Waals surface area contributed by atoms with Crippen molar-refractivity contribution in [3.63, 3.8) is 0 Å². The van der Waals surface area contributed by atoms with E-state index in [0.717, 1.165) is 6.07 Å². The van der Waals surface area contributed by atoms with Gasteiger partial charge in [-0.1, -0.05) is 48.0 Å². The molecule has 0 fully saturated rings. The summed E-state index contributed by atoms with van der Waals surface area (Å²) in [7, 11) is 0. The maximum Gasteiger partial charge on any atom is 0.416 e. The maximum atomic E-state index is 13.0. The van der Waals surface area contributed by atoms with Gasteiger partial charge in [-0.05, 0) is 24.1 Å². The molecule has 20 heavy (non-hydrogen) atoms. The number of rotatable bonds is 2. The van der Waals surface area contributed by atoms with Crippen LogP contribution in [0.5, 0.6) is 0 Å². The molecule has 5 heteroatoms. The lowest BCUT2D eigenvalue weighted by atomic mass is 9.95. The van der Waals surface area contributed by atoms with Gasteiger partial charge in [0.1, 0.15) is 6.10 Å². The predicted octanol–water partition coefficient (Wildman–Crippen LogP) is 4.75. The van der Waals surface area contributed by atoms with E-state index >= 15 is 0 Å². The number of aryl methyl sites for hydroxylation is 1. The number of benzene rings is 2. The van der Waals surface area contributed by atoms with Gasteiger partial charge in [0.25, 0.3) is 0 Å². The highest BCUT2D eigenvalue weighted by atomic mass is 35.5. The summed E-state index contributed by atoms with van der Waals surface area (Å²) in [6.07, 6.45) is -5.94. The molecule has 1 nitrogen and oxygen atoms in total. The second-order valence-electron chi connectivity index (χ2n) is 4.47. The molecule has 0 radical (unpaired) electrons. The van der Waals surface area contributed by atoms with Gasteiger partial charge < -0.3 is 5.11 Å². The number of hydrogen-bond acceptors (Lipinski definition) is 1. The molecule has 0 aliphatic heterocycles. The second-order valence-corrected chi connectivity index (χ2v) is 4.84. The summed E-state index contributed by atoms with van der Waals surface area (Å²) in [6.45, 7) is 1.73. The Morgan fingerprint density at radius 2 is 1.60 bits per heavy atom. The highest BCUT2D eigenvalue weighted by molar-refractivity contribution is 6.32. The molecule has 0 spiro atoms. The fourth-order valence-electron chi connectivity index (χ4n) is 2.04. The van der Waals surface area contributed by atoms with Crippen LogP contribution in [-0.2, 0) is 6.18 Å². The van der Waals surface area contributed by atoms with Crippen LogP contribution in [0.15, 0.2) is 42.5 Å². The van der Waals surface area contributed by atoms with E-state index in [1.54, 1.807) is 19.1 Å². The number of aliphatic hydroxyl groups is 1. The Morgan fingerprint density at radius 1 is 1.00 bits per heavy atom. The largest absolute Gasteiger partial charge is 0.416 e. The topological polar surface area (TPSA) is 20.2 Å². The van der Waals surface area contributed by atoms with E-state index in [9.17, 15) is 18.3 Å². The molecule has 2 aromatic carbocycles. The summed E-state index contributed by atoms with van der Waals surface area (Å²) in [4.78, 5) is 0. The van der Waals surface area contributed by atoms with Crippen molar-refractivity contribution < 1.29 is 18.3 Å². The zero-order chi connectivity index (χ0) is 14.9. The smallest absolute Gasteiger partial charge is 0.384 e. The lowest BCUT2D eigenvalue weighted by molar-refractivity contribution is -0.139. The van der Waals surface area contributed by atoms with Gasteiger partial charge in [0.2, 0.25) is 0 Å². The molecule has 1 N–H and O–H groups in total. The van der Waals surface area contributed by atoms with Crippen molar-refractivity contribution in [1.82, 2.24) is 0 Å². The van der Waals surface area contributed by atoms with Crippen LogP contribution in [0.1, 0.15) is 28.4 Å². The van der Waals surface area contributed by atoms with Crippen molar-refractivity contribution in [3.8, 4) is 0 Å². The average Bonchev–Trinajstić information content (AvgIpc) is 2.40. The van der Waals surface area contributed by atoms with E-state index < -0.39 is 17.8 Å². The Balaban J connectivity index is 2.55. The molecule has 1 unspecified atom stereocenters. The molecule has 2 aromatic rings. The molecule has 2 rings (SSSR count). The van der Waals surface area contributed by atoms with Gasteiger partial charge in [0.15, 0.2) is 0 Å². The highest BCUT2D eigenvalue weighted by Crippen LogP contribution is 2.38. The minimum absolute atomic E-state index is 0.201. The van der Waals surface area contributed by atoms with Crippen LogP contribution in [0.3, 0.4) is 0 Å². The molecule has 0 amide bonds. The maximum absolute atomic E-state index is 13.0. The van der Waals surface area contributed by atoms with Gasteiger partial charge >= 0.3 is 6.18 Å². The number of aliphatic hydroxyl groups excluding tert-OH is 1. The zero-order valence-electron chi connectivity index (χ0n) is 10.6. The summed E-state index contributed by atoms with van der Waals surface area (Å²) in [6, 6.07) is 9.85.